The van der Waals surface area contributed by atoms with Gasteiger partial charge in [0.05, 0.1) is 5.69 Å². The molecule has 1 aliphatic heterocycles. The number of nitrogens with zero attached hydrogens (tertiary/aromatic N) is 2. The highest BCUT2D eigenvalue weighted by atomic mass is 32.1. The summed E-state index contributed by atoms with van der Waals surface area (Å²) in [6.45, 7) is 0.835. The zero-order valence-electron chi connectivity index (χ0n) is 10.2. The molecule has 1 unspecified atom stereocenters. The first-order valence-electron chi connectivity index (χ1n) is 6.49. The number of thiazole rings is 1. The molecule has 2 aromatic rings. The van der Waals surface area contributed by atoms with Crippen LogP contribution in [0.3, 0.4) is 0 Å². The van der Waals surface area contributed by atoms with Gasteiger partial charge >= 0.3 is 0 Å². The number of H-pyrrole nitrogens is 1. The van der Waals surface area contributed by atoms with Gasteiger partial charge in [-0.2, -0.15) is 0 Å². The monoisotopic (exact) mass is 295 g/mol. The van der Waals surface area contributed by atoms with Gasteiger partial charge in [-0.1, -0.05) is 0 Å². The van der Waals surface area contributed by atoms with Crippen LogP contribution in [0.25, 0.3) is 10.8 Å². The van der Waals surface area contributed by atoms with Gasteiger partial charge in [0, 0.05) is 12.5 Å². The van der Waals surface area contributed by atoms with E-state index < -0.39 is 0 Å². The van der Waals surface area contributed by atoms with Crippen molar-refractivity contribution in [3.63, 3.8) is 0 Å². The van der Waals surface area contributed by atoms with E-state index in [1.165, 1.54) is 12.8 Å². The molecule has 0 spiro atoms. The van der Waals surface area contributed by atoms with Crippen molar-refractivity contribution >= 4 is 23.6 Å². The number of rotatable bonds is 3. The van der Waals surface area contributed by atoms with E-state index in [-0.39, 0.29) is 6.10 Å². The number of aromatic nitrogens is 3. The van der Waals surface area contributed by atoms with Gasteiger partial charge in [0.1, 0.15) is 16.0 Å². The first-order chi connectivity index (χ1) is 9.31. The molecule has 1 N–H and O–H groups in total. The molecule has 7 heteroatoms. The van der Waals surface area contributed by atoms with E-state index in [9.17, 15) is 0 Å². The quantitative estimate of drug-likeness (QED) is 0.877. The summed E-state index contributed by atoms with van der Waals surface area (Å²) in [6, 6.07) is 0. The Balaban J connectivity index is 1.77. The van der Waals surface area contributed by atoms with E-state index >= 15 is 0 Å². The summed E-state index contributed by atoms with van der Waals surface area (Å²) in [7, 11) is 0. The van der Waals surface area contributed by atoms with Crippen LogP contribution in [0.2, 0.25) is 0 Å². The Morgan fingerprint density at radius 3 is 2.84 bits per heavy atom. The minimum Gasteiger partial charge on any atom is -0.408 e. The average molecular weight is 295 g/mol. The van der Waals surface area contributed by atoms with Gasteiger partial charge in [-0.3, -0.25) is 0 Å². The maximum atomic E-state index is 5.72. The SMILES string of the molecule is S=c1[nH]nc(-c2sc(C3CCCO3)nc2C2CC2)o1. The van der Waals surface area contributed by atoms with Crippen LogP contribution in [0.1, 0.15) is 48.4 Å². The zero-order chi connectivity index (χ0) is 12.8. The molecule has 2 aliphatic rings. The minimum absolute atomic E-state index is 0.151. The van der Waals surface area contributed by atoms with Gasteiger partial charge in [0.15, 0.2) is 0 Å². The number of aromatic amines is 1. The van der Waals surface area contributed by atoms with Crippen molar-refractivity contribution in [2.75, 3.05) is 6.61 Å². The Labute approximate surface area is 119 Å². The first kappa shape index (κ1) is 11.7. The van der Waals surface area contributed by atoms with Crippen molar-refractivity contribution in [2.45, 2.75) is 37.7 Å². The molecule has 1 atom stereocenters. The zero-order valence-corrected chi connectivity index (χ0v) is 11.9. The second-order valence-corrected chi connectivity index (χ2v) is 6.36. The molecule has 100 valence electrons. The highest BCUT2D eigenvalue weighted by Crippen LogP contribution is 2.47. The van der Waals surface area contributed by atoms with Crippen molar-refractivity contribution in [2.24, 2.45) is 0 Å². The molecule has 0 bridgehead atoms. The van der Waals surface area contributed by atoms with Crippen LogP contribution in [-0.4, -0.2) is 21.8 Å². The summed E-state index contributed by atoms with van der Waals surface area (Å²) in [4.78, 5) is 6.11. The minimum atomic E-state index is 0.151. The number of hydrogen-bond acceptors (Lipinski definition) is 6. The van der Waals surface area contributed by atoms with Gasteiger partial charge in [-0.05, 0) is 37.9 Å². The molecule has 19 heavy (non-hydrogen) atoms. The molecule has 1 saturated heterocycles. The van der Waals surface area contributed by atoms with E-state index in [1.807, 2.05) is 0 Å². The Morgan fingerprint density at radius 2 is 2.21 bits per heavy atom. The summed E-state index contributed by atoms with van der Waals surface area (Å²) in [5, 5.41) is 7.86. The molecule has 4 rings (SSSR count). The van der Waals surface area contributed by atoms with Crippen LogP contribution >= 0.6 is 23.6 Å². The Morgan fingerprint density at radius 1 is 1.32 bits per heavy atom. The molecule has 2 fully saturated rings. The standard InChI is InChI=1S/C12H13N3O2S2/c18-12-15-14-10(17-12)9-8(6-3-4-6)13-11(19-9)7-2-1-5-16-7/h6-7H,1-5H2,(H,15,18). The number of hydrogen-bond donors (Lipinski definition) is 1. The predicted octanol–water partition coefficient (Wildman–Crippen LogP) is 3.58. The third-order valence-electron chi connectivity index (χ3n) is 3.47. The lowest BCUT2D eigenvalue weighted by Gasteiger charge is -2.03. The van der Waals surface area contributed by atoms with Gasteiger partial charge < -0.3 is 9.15 Å². The van der Waals surface area contributed by atoms with Crippen molar-refractivity contribution in [1.29, 1.82) is 0 Å². The maximum absolute atomic E-state index is 5.72. The highest BCUT2D eigenvalue weighted by molar-refractivity contribution is 7.71. The molecule has 0 aromatic carbocycles. The lowest BCUT2D eigenvalue weighted by Crippen LogP contribution is -1.95. The maximum Gasteiger partial charge on any atom is 0.284 e. The molecule has 0 amide bonds. The van der Waals surface area contributed by atoms with Crippen LogP contribution in [-0.2, 0) is 4.74 Å². The Bertz CT molecular complexity index is 650. The molecule has 1 saturated carbocycles. The smallest absolute Gasteiger partial charge is 0.284 e. The van der Waals surface area contributed by atoms with Crippen molar-refractivity contribution in [1.82, 2.24) is 15.2 Å². The largest absolute Gasteiger partial charge is 0.408 e. The topological polar surface area (TPSA) is 63.9 Å². The fourth-order valence-corrected chi connectivity index (χ4v) is 3.66. The van der Waals surface area contributed by atoms with E-state index in [2.05, 4.69) is 10.2 Å². The summed E-state index contributed by atoms with van der Waals surface area (Å²) in [5.74, 6) is 1.12. The normalized spacial score (nSPS) is 23.1. The second kappa shape index (κ2) is 4.50. The third-order valence-corrected chi connectivity index (χ3v) is 4.80. The van der Waals surface area contributed by atoms with Crippen molar-refractivity contribution in [3.05, 3.63) is 15.5 Å². The number of nitrogens with one attached hydrogen (secondary N) is 1. The van der Waals surface area contributed by atoms with Crippen molar-refractivity contribution < 1.29 is 9.15 Å². The third kappa shape index (κ3) is 2.15. The molecular formula is C12H13N3O2S2. The van der Waals surface area contributed by atoms with Crippen LogP contribution in [0.4, 0.5) is 0 Å². The van der Waals surface area contributed by atoms with Gasteiger partial charge in [-0.15, -0.1) is 16.4 Å². The van der Waals surface area contributed by atoms with Gasteiger partial charge in [0.2, 0.25) is 0 Å². The second-order valence-electron chi connectivity index (χ2n) is 4.96. The van der Waals surface area contributed by atoms with E-state index in [0.717, 1.165) is 35.0 Å². The van der Waals surface area contributed by atoms with Gasteiger partial charge in [0.25, 0.3) is 10.7 Å². The summed E-state index contributed by atoms with van der Waals surface area (Å²) >= 11 is 6.58. The van der Waals surface area contributed by atoms with Crippen LogP contribution in [0, 0.1) is 4.84 Å². The summed E-state index contributed by atoms with van der Waals surface area (Å²) in [5.41, 5.74) is 1.11. The summed E-state index contributed by atoms with van der Waals surface area (Å²) < 4.78 is 11.2. The first-order valence-corrected chi connectivity index (χ1v) is 7.72. The van der Waals surface area contributed by atoms with Crippen LogP contribution < -0.4 is 0 Å². The molecular weight excluding hydrogens is 282 g/mol. The van der Waals surface area contributed by atoms with E-state index in [4.69, 9.17) is 26.4 Å². The number of ether oxygens (including phenoxy) is 1. The molecule has 2 aromatic heterocycles. The molecule has 1 aliphatic carbocycles. The van der Waals surface area contributed by atoms with Crippen LogP contribution in [0.15, 0.2) is 4.42 Å². The van der Waals surface area contributed by atoms with Crippen molar-refractivity contribution in [3.8, 4) is 10.8 Å². The Hall–Kier alpha value is -1.05. The molecule has 5 nitrogen and oxygen atoms in total. The van der Waals surface area contributed by atoms with Crippen LogP contribution in [0.5, 0.6) is 0 Å². The van der Waals surface area contributed by atoms with Gasteiger partial charge in [-0.25, -0.2) is 10.1 Å². The molecule has 3 heterocycles. The fourth-order valence-electron chi connectivity index (χ4n) is 2.37. The Kier molecular flexibility index (Phi) is 2.78. The lowest BCUT2D eigenvalue weighted by atomic mass is 10.2. The van der Waals surface area contributed by atoms with E-state index in [1.54, 1.807) is 11.3 Å². The summed E-state index contributed by atoms with van der Waals surface area (Å²) in [6.07, 6.45) is 4.72. The fraction of sp³-hybridized carbons (Fsp3) is 0.583. The lowest BCUT2D eigenvalue weighted by molar-refractivity contribution is 0.111. The predicted molar refractivity (Wildman–Crippen MR) is 72.7 cm³/mol. The van der Waals surface area contributed by atoms with E-state index in [0.29, 0.717) is 16.6 Å². The molecule has 0 radical (unpaired) electrons. The highest BCUT2D eigenvalue weighted by Gasteiger charge is 2.33. The average Bonchev–Trinajstić information content (AvgIpc) is 2.87.